The van der Waals surface area contributed by atoms with Crippen LogP contribution < -0.4 is 5.63 Å². The van der Waals surface area contributed by atoms with Gasteiger partial charge in [0.1, 0.15) is 17.0 Å². The van der Waals surface area contributed by atoms with Gasteiger partial charge in [-0.3, -0.25) is 4.79 Å². The molecule has 0 fully saturated rings. The lowest BCUT2D eigenvalue weighted by Crippen LogP contribution is -2.02. The fraction of sp³-hybridized carbons (Fsp3) is 0.143. The average molecular weight is 442 g/mol. The predicted octanol–water partition coefficient (Wildman–Crippen LogP) is 7.22. The number of rotatable bonds is 3. The van der Waals surface area contributed by atoms with Crippen LogP contribution in [0, 0.1) is 19.7 Å². The van der Waals surface area contributed by atoms with E-state index in [0.717, 1.165) is 16.5 Å². The van der Waals surface area contributed by atoms with Crippen LogP contribution >= 0.6 is 0 Å². The van der Waals surface area contributed by atoms with E-state index >= 15 is 0 Å². The maximum atomic E-state index is 13.6. The number of benzene rings is 3. The van der Waals surface area contributed by atoms with E-state index in [1.807, 2.05) is 33.8 Å². The highest BCUT2D eigenvalue weighted by atomic mass is 19.1. The minimum atomic E-state index is -0.490. The van der Waals surface area contributed by atoms with E-state index in [4.69, 9.17) is 8.83 Å². The minimum Gasteiger partial charge on any atom is -0.452 e. The Kier molecular flexibility index (Phi) is 5.97. The molecule has 2 heterocycles. The molecule has 0 atom stereocenters. The molecule has 166 valence electrons. The average Bonchev–Trinajstić information content (AvgIpc) is 3.20. The topological polar surface area (TPSA) is 60.4 Å². The number of hydrogen-bond donors (Lipinski definition) is 0. The van der Waals surface area contributed by atoms with Crippen molar-refractivity contribution in [1.82, 2.24) is 0 Å². The van der Waals surface area contributed by atoms with Crippen LogP contribution in [0.4, 0.5) is 4.39 Å². The third kappa shape index (κ3) is 3.98. The molecule has 5 heteroatoms. The van der Waals surface area contributed by atoms with Gasteiger partial charge < -0.3 is 8.83 Å². The van der Waals surface area contributed by atoms with Gasteiger partial charge in [0.2, 0.25) is 5.78 Å². The monoisotopic (exact) mass is 442 g/mol. The Labute approximate surface area is 190 Å². The summed E-state index contributed by atoms with van der Waals surface area (Å²) < 4.78 is 25.2. The summed E-state index contributed by atoms with van der Waals surface area (Å²) >= 11 is 0. The molecule has 0 aliphatic carbocycles. The summed E-state index contributed by atoms with van der Waals surface area (Å²) in [6, 6.07) is 18.0. The molecule has 3 aromatic carbocycles. The van der Waals surface area contributed by atoms with Crippen LogP contribution in [0.1, 0.15) is 41.1 Å². The Bertz CT molecular complexity index is 1540. The number of carbonyl (C=O) groups is 1. The summed E-state index contributed by atoms with van der Waals surface area (Å²) in [5.41, 5.74) is 3.50. The second-order valence-electron chi connectivity index (χ2n) is 7.58. The van der Waals surface area contributed by atoms with Crippen LogP contribution in [0.15, 0.2) is 80.4 Å². The molecular formula is C28H23FO4. The van der Waals surface area contributed by atoms with Crippen molar-refractivity contribution in [2.75, 3.05) is 0 Å². The fourth-order valence-corrected chi connectivity index (χ4v) is 3.93. The van der Waals surface area contributed by atoms with Crippen molar-refractivity contribution in [3.8, 4) is 11.1 Å². The highest BCUT2D eigenvalue weighted by Gasteiger charge is 2.26. The summed E-state index contributed by atoms with van der Waals surface area (Å²) in [4.78, 5) is 25.6. The number of fused-ring (bicyclic) bond motifs is 3. The zero-order valence-corrected chi connectivity index (χ0v) is 18.9. The molecule has 4 nitrogen and oxygen atoms in total. The maximum absolute atomic E-state index is 13.6. The van der Waals surface area contributed by atoms with Crippen molar-refractivity contribution < 1.29 is 18.0 Å². The standard InChI is InChI=1S/C26H17FO4.C2H6/c1-14-4-3-5-17(12-14)24(29)26-22(16-6-8-18(27)9-7-16)23-20(30-26)11-10-19-15(2)13-21(28)31-25(19)23;1-2/h3-13H,1-2H3;1-2H3. The molecule has 0 aliphatic heterocycles. The van der Waals surface area contributed by atoms with E-state index in [1.54, 1.807) is 42.5 Å². The lowest BCUT2D eigenvalue weighted by molar-refractivity contribution is 0.101. The van der Waals surface area contributed by atoms with Gasteiger partial charge in [0.05, 0.1) is 5.39 Å². The fourth-order valence-electron chi connectivity index (χ4n) is 3.93. The quantitative estimate of drug-likeness (QED) is 0.219. The van der Waals surface area contributed by atoms with Gasteiger partial charge in [-0.25, -0.2) is 9.18 Å². The number of furan rings is 1. The Morgan fingerprint density at radius 3 is 2.30 bits per heavy atom. The van der Waals surface area contributed by atoms with E-state index in [-0.39, 0.29) is 11.5 Å². The van der Waals surface area contributed by atoms with E-state index in [2.05, 4.69) is 0 Å². The van der Waals surface area contributed by atoms with Crippen molar-refractivity contribution in [1.29, 1.82) is 0 Å². The second-order valence-corrected chi connectivity index (χ2v) is 7.58. The van der Waals surface area contributed by atoms with Crippen LogP contribution in [0.2, 0.25) is 0 Å². The van der Waals surface area contributed by atoms with Gasteiger partial charge in [0, 0.05) is 22.6 Å². The summed E-state index contributed by atoms with van der Waals surface area (Å²) in [7, 11) is 0. The van der Waals surface area contributed by atoms with Gasteiger partial charge in [-0.15, -0.1) is 0 Å². The highest BCUT2D eigenvalue weighted by molar-refractivity contribution is 6.20. The van der Waals surface area contributed by atoms with Crippen molar-refractivity contribution in [2.24, 2.45) is 0 Å². The summed E-state index contributed by atoms with van der Waals surface area (Å²) in [5.74, 6) is -0.582. The zero-order valence-electron chi connectivity index (χ0n) is 18.9. The first-order valence-electron chi connectivity index (χ1n) is 10.8. The number of hydrogen-bond acceptors (Lipinski definition) is 4. The smallest absolute Gasteiger partial charge is 0.336 e. The third-order valence-corrected chi connectivity index (χ3v) is 5.39. The normalized spacial score (nSPS) is 10.8. The van der Waals surface area contributed by atoms with Gasteiger partial charge in [-0.05, 0) is 55.3 Å². The summed E-state index contributed by atoms with van der Waals surface area (Å²) in [6.07, 6.45) is 0. The molecular weight excluding hydrogens is 419 g/mol. The van der Waals surface area contributed by atoms with Crippen LogP contribution in [0.3, 0.4) is 0 Å². The Hall–Kier alpha value is -3.99. The van der Waals surface area contributed by atoms with E-state index in [9.17, 15) is 14.0 Å². The number of aryl methyl sites for hydroxylation is 2. The van der Waals surface area contributed by atoms with Gasteiger partial charge >= 0.3 is 5.63 Å². The first-order chi connectivity index (χ1) is 15.9. The molecule has 2 aromatic heterocycles. The van der Waals surface area contributed by atoms with Crippen molar-refractivity contribution in [3.63, 3.8) is 0 Å². The minimum absolute atomic E-state index is 0.115. The van der Waals surface area contributed by atoms with Gasteiger partial charge in [0.25, 0.3) is 0 Å². The molecule has 0 aliphatic rings. The van der Waals surface area contributed by atoms with E-state index in [1.165, 1.54) is 18.2 Å². The number of carbonyl (C=O) groups excluding carboxylic acids is 1. The van der Waals surface area contributed by atoms with Gasteiger partial charge in [-0.1, -0.05) is 49.7 Å². The molecule has 0 amide bonds. The molecule has 0 saturated heterocycles. The predicted molar refractivity (Wildman–Crippen MR) is 128 cm³/mol. The molecule has 5 aromatic rings. The molecule has 0 saturated carbocycles. The van der Waals surface area contributed by atoms with Crippen LogP contribution in [-0.2, 0) is 0 Å². The van der Waals surface area contributed by atoms with Crippen LogP contribution in [-0.4, -0.2) is 5.78 Å². The number of ketones is 1. The van der Waals surface area contributed by atoms with Crippen LogP contribution in [0.5, 0.6) is 0 Å². The van der Waals surface area contributed by atoms with Crippen LogP contribution in [0.25, 0.3) is 33.1 Å². The molecule has 5 rings (SSSR count). The van der Waals surface area contributed by atoms with Gasteiger partial charge in [0.15, 0.2) is 5.76 Å². The first kappa shape index (κ1) is 22.2. The SMILES string of the molecule is CC.Cc1cccc(C(=O)c2oc3ccc4c(C)cc(=O)oc4c3c2-c2ccc(F)cc2)c1. The molecule has 0 spiro atoms. The van der Waals surface area contributed by atoms with Crippen molar-refractivity contribution in [3.05, 3.63) is 105 Å². The lowest BCUT2D eigenvalue weighted by atomic mass is 9.96. The third-order valence-electron chi connectivity index (χ3n) is 5.39. The summed E-state index contributed by atoms with van der Waals surface area (Å²) in [5, 5.41) is 1.26. The van der Waals surface area contributed by atoms with Crippen molar-refractivity contribution in [2.45, 2.75) is 27.7 Å². The Morgan fingerprint density at radius 2 is 1.61 bits per heavy atom. The van der Waals surface area contributed by atoms with Gasteiger partial charge in [-0.2, -0.15) is 0 Å². The second kappa shape index (κ2) is 8.87. The summed E-state index contributed by atoms with van der Waals surface area (Å²) in [6.45, 7) is 7.72. The molecule has 33 heavy (non-hydrogen) atoms. The molecule has 0 radical (unpaired) electrons. The van der Waals surface area contributed by atoms with E-state index < -0.39 is 11.4 Å². The van der Waals surface area contributed by atoms with Crippen molar-refractivity contribution >= 4 is 27.7 Å². The first-order valence-corrected chi connectivity index (χ1v) is 10.8. The molecule has 0 unspecified atom stereocenters. The Morgan fingerprint density at radius 1 is 0.879 bits per heavy atom. The highest BCUT2D eigenvalue weighted by Crippen LogP contribution is 2.40. The zero-order chi connectivity index (χ0) is 23.7. The number of halogens is 1. The van der Waals surface area contributed by atoms with E-state index in [0.29, 0.717) is 33.2 Å². The largest absolute Gasteiger partial charge is 0.452 e. The molecule has 0 N–H and O–H groups in total. The lowest BCUT2D eigenvalue weighted by Gasteiger charge is -2.06. The maximum Gasteiger partial charge on any atom is 0.336 e. The Balaban J connectivity index is 0.00000126. The molecule has 0 bridgehead atoms.